The van der Waals surface area contributed by atoms with Crippen LogP contribution in [0.4, 0.5) is 5.69 Å². The van der Waals surface area contributed by atoms with Crippen molar-refractivity contribution in [2.45, 2.75) is 0 Å². The van der Waals surface area contributed by atoms with E-state index in [4.69, 9.17) is 16.7 Å². The van der Waals surface area contributed by atoms with Crippen LogP contribution in [0.3, 0.4) is 0 Å². The van der Waals surface area contributed by atoms with Gasteiger partial charge in [-0.05, 0) is 30.3 Å². The molecule has 0 saturated heterocycles. The van der Waals surface area contributed by atoms with Crippen molar-refractivity contribution < 1.29 is 9.85 Å². The Bertz CT molecular complexity index is 777. The Labute approximate surface area is 151 Å². The van der Waals surface area contributed by atoms with Gasteiger partial charge in [-0.15, -0.1) is 12.4 Å². The molecule has 1 heterocycles. The van der Waals surface area contributed by atoms with Crippen LogP contribution in [0.2, 0.25) is 5.02 Å². The van der Waals surface area contributed by atoms with Crippen molar-refractivity contribution in [2.24, 2.45) is 4.99 Å². The van der Waals surface area contributed by atoms with Gasteiger partial charge in [0.2, 0.25) is 12.3 Å². The van der Waals surface area contributed by atoms with E-state index < -0.39 is 0 Å². The van der Waals surface area contributed by atoms with Crippen molar-refractivity contribution >= 4 is 41.2 Å². The second-order valence-electron chi connectivity index (χ2n) is 5.12. The van der Waals surface area contributed by atoms with Crippen LogP contribution in [0.15, 0.2) is 53.5 Å². The van der Waals surface area contributed by atoms with Gasteiger partial charge in [-0.3, -0.25) is 0 Å². The average molecular weight is 366 g/mol. The minimum atomic E-state index is -0.0272. The fourth-order valence-corrected chi connectivity index (χ4v) is 2.69. The van der Waals surface area contributed by atoms with E-state index in [1.54, 1.807) is 18.2 Å². The molecular weight excluding hydrogens is 349 g/mol. The Kier molecular flexibility index (Phi) is 6.20. The summed E-state index contributed by atoms with van der Waals surface area (Å²) in [5, 5.41) is 25.2. The third-order valence-electron chi connectivity index (χ3n) is 3.50. The number of rotatable bonds is 3. The second kappa shape index (κ2) is 8.15. The zero-order valence-corrected chi connectivity index (χ0v) is 14.3. The Morgan fingerprint density at radius 1 is 1.21 bits per heavy atom. The normalized spacial score (nSPS) is 13.5. The maximum Gasteiger partial charge on any atom is 0.228 e. The Hall–Kier alpha value is -2.08. The number of benzene rings is 2. The van der Waals surface area contributed by atoms with E-state index in [2.05, 4.69) is 10.3 Å². The summed E-state index contributed by atoms with van der Waals surface area (Å²) in [4.78, 5) is 4.52. The second-order valence-corrected chi connectivity index (χ2v) is 5.56. The van der Waals surface area contributed by atoms with E-state index >= 15 is 0 Å². The van der Waals surface area contributed by atoms with Crippen LogP contribution in [0.1, 0.15) is 11.1 Å². The van der Waals surface area contributed by atoms with E-state index in [0.29, 0.717) is 34.4 Å². The third-order valence-corrected chi connectivity index (χ3v) is 3.74. The Morgan fingerprint density at radius 2 is 1.96 bits per heavy atom. The van der Waals surface area contributed by atoms with Crippen molar-refractivity contribution in [1.82, 2.24) is 5.32 Å². The number of nitrogens with one attached hydrogen (secondary N) is 1. The average Bonchev–Trinajstić information content (AvgIpc) is 2.69. The van der Waals surface area contributed by atoms with Gasteiger partial charge in [-0.25, -0.2) is 4.99 Å². The first kappa shape index (κ1) is 18.3. The highest BCUT2D eigenvalue weighted by Gasteiger charge is 2.24. The number of hydrogen-bond donors (Lipinski definition) is 2. The van der Waals surface area contributed by atoms with Gasteiger partial charge < -0.3 is 15.6 Å². The number of aliphatic hydroxyl groups is 1. The monoisotopic (exact) mass is 365 g/mol. The van der Waals surface area contributed by atoms with Crippen molar-refractivity contribution in [2.75, 3.05) is 19.7 Å². The lowest BCUT2D eigenvalue weighted by molar-refractivity contribution is -0.439. The van der Waals surface area contributed by atoms with Crippen molar-refractivity contribution in [1.29, 1.82) is 0 Å². The van der Waals surface area contributed by atoms with E-state index in [1.165, 1.54) is 0 Å². The standard InChI is InChI=1S/C17H16ClN3O2.ClH/c18-13-6-7-15-14(10-13)17(12-4-2-1-3-5-12)21(23)11-16(20-15)19-8-9-22;/h1-7,10,22H,8-9,11H2,(H,19,20);1H. The van der Waals surface area contributed by atoms with Gasteiger partial charge in [0, 0.05) is 17.1 Å². The molecule has 0 aromatic heterocycles. The van der Waals surface area contributed by atoms with Crippen LogP contribution in [0.25, 0.3) is 0 Å². The molecule has 0 unspecified atom stereocenters. The summed E-state index contributed by atoms with van der Waals surface area (Å²) < 4.78 is 0.903. The molecule has 0 saturated carbocycles. The molecule has 0 atom stereocenters. The highest BCUT2D eigenvalue weighted by Crippen LogP contribution is 2.28. The van der Waals surface area contributed by atoms with Crippen molar-refractivity contribution in [3.63, 3.8) is 0 Å². The summed E-state index contributed by atoms with van der Waals surface area (Å²) in [6.07, 6.45) is 0. The van der Waals surface area contributed by atoms with Gasteiger partial charge in [0.25, 0.3) is 0 Å². The van der Waals surface area contributed by atoms with Gasteiger partial charge in [0.15, 0.2) is 5.84 Å². The predicted octanol–water partition coefficient (Wildman–Crippen LogP) is 2.74. The molecule has 2 aromatic rings. The molecule has 5 nitrogen and oxygen atoms in total. The maximum atomic E-state index is 12.7. The van der Waals surface area contributed by atoms with Gasteiger partial charge in [0.1, 0.15) is 0 Å². The lowest BCUT2D eigenvalue weighted by Crippen LogP contribution is -2.33. The number of nitrogens with zero attached hydrogens (tertiary/aromatic N) is 2. The summed E-state index contributed by atoms with van der Waals surface area (Å²) in [5.74, 6) is 0.517. The summed E-state index contributed by atoms with van der Waals surface area (Å²) in [6, 6.07) is 14.7. The molecule has 3 rings (SSSR count). The molecule has 126 valence electrons. The number of aliphatic hydroxyl groups excluding tert-OH is 1. The summed E-state index contributed by atoms with van der Waals surface area (Å²) in [7, 11) is 0. The molecule has 2 aromatic carbocycles. The van der Waals surface area contributed by atoms with Crippen molar-refractivity contribution in [3.8, 4) is 0 Å². The molecule has 0 bridgehead atoms. The lowest BCUT2D eigenvalue weighted by atomic mass is 10.0. The number of hydroxylamine groups is 1. The quantitative estimate of drug-likeness (QED) is 0.648. The first-order valence-corrected chi connectivity index (χ1v) is 7.66. The summed E-state index contributed by atoms with van der Waals surface area (Å²) in [6.45, 7) is 0.396. The minimum absolute atomic E-state index is 0. The minimum Gasteiger partial charge on any atom is -0.623 e. The summed E-state index contributed by atoms with van der Waals surface area (Å²) >= 11 is 6.12. The first-order chi connectivity index (χ1) is 11.2. The molecule has 0 aliphatic carbocycles. The molecule has 0 fully saturated rings. The van der Waals surface area contributed by atoms with Crippen LogP contribution in [0.5, 0.6) is 0 Å². The molecule has 0 spiro atoms. The molecule has 24 heavy (non-hydrogen) atoms. The Balaban J connectivity index is 0.00000208. The smallest absolute Gasteiger partial charge is 0.228 e. The molecule has 7 heteroatoms. The fraction of sp³-hybridized carbons (Fsp3) is 0.176. The van der Waals surface area contributed by atoms with Gasteiger partial charge in [-0.1, -0.05) is 29.8 Å². The van der Waals surface area contributed by atoms with Crippen LogP contribution >= 0.6 is 24.0 Å². The van der Waals surface area contributed by atoms with Crippen LogP contribution in [-0.4, -0.2) is 41.1 Å². The maximum absolute atomic E-state index is 12.7. The highest BCUT2D eigenvalue weighted by molar-refractivity contribution is 6.31. The topological polar surface area (TPSA) is 70.7 Å². The molecule has 1 aliphatic rings. The zero-order chi connectivity index (χ0) is 16.2. The predicted molar refractivity (Wildman–Crippen MR) is 99.0 cm³/mol. The highest BCUT2D eigenvalue weighted by atomic mass is 35.5. The fourth-order valence-electron chi connectivity index (χ4n) is 2.52. The summed E-state index contributed by atoms with van der Waals surface area (Å²) in [5.41, 5.74) is 2.71. The van der Waals surface area contributed by atoms with E-state index in [9.17, 15) is 5.21 Å². The molecule has 0 amide bonds. The first-order valence-electron chi connectivity index (χ1n) is 7.28. The SMILES string of the molecule is Cl.[O-][N+]1=C(c2ccccc2)c2cc(Cl)ccc2N=C(NCCO)C1. The number of aliphatic imine (C=N–C) groups is 1. The molecule has 0 radical (unpaired) electrons. The van der Waals surface area contributed by atoms with Crippen LogP contribution in [0, 0.1) is 5.21 Å². The largest absolute Gasteiger partial charge is 0.623 e. The van der Waals surface area contributed by atoms with Crippen LogP contribution in [-0.2, 0) is 0 Å². The van der Waals surface area contributed by atoms with Crippen LogP contribution < -0.4 is 5.32 Å². The molecular formula is C17H17Cl2N3O2. The van der Waals surface area contributed by atoms with E-state index in [0.717, 1.165) is 10.3 Å². The lowest BCUT2D eigenvalue weighted by Gasteiger charge is -2.11. The number of hydrogen-bond acceptors (Lipinski definition) is 4. The molecule has 1 aliphatic heterocycles. The number of fused-ring (bicyclic) bond motifs is 1. The number of halogens is 2. The van der Waals surface area contributed by atoms with Gasteiger partial charge >= 0.3 is 0 Å². The van der Waals surface area contributed by atoms with Gasteiger partial charge in [0.05, 0.1) is 17.9 Å². The van der Waals surface area contributed by atoms with E-state index in [-0.39, 0.29) is 25.6 Å². The Morgan fingerprint density at radius 3 is 2.67 bits per heavy atom. The van der Waals surface area contributed by atoms with Crippen molar-refractivity contribution in [3.05, 3.63) is 69.9 Å². The number of amidine groups is 1. The van der Waals surface area contributed by atoms with E-state index in [1.807, 2.05) is 30.3 Å². The molecule has 2 N–H and O–H groups in total. The zero-order valence-electron chi connectivity index (χ0n) is 12.8. The third kappa shape index (κ3) is 3.87. The van der Waals surface area contributed by atoms with Gasteiger partial charge in [-0.2, -0.15) is 4.74 Å².